The highest BCUT2D eigenvalue weighted by molar-refractivity contribution is 5.67. The molecule has 0 radical (unpaired) electrons. The molecule has 4 rings (SSSR count). The van der Waals surface area contributed by atoms with Crippen LogP contribution in [0.1, 0.15) is 49.5 Å². The molecule has 2 heterocycles. The van der Waals surface area contributed by atoms with Gasteiger partial charge in [0.05, 0.1) is 0 Å². The number of aliphatic carboxylic acids is 1. The van der Waals surface area contributed by atoms with Gasteiger partial charge in [-0.25, -0.2) is 4.98 Å². The van der Waals surface area contributed by atoms with E-state index in [-0.39, 0.29) is 18.2 Å². The molecule has 31 heavy (non-hydrogen) atoms. The van der Waals surface area contributed by atoms with Crippen LogP contribution in [0.15, 0.2) is 42.6 Å². The molecule has 3 aromatic rings. The van der Waals surface area contributed by atoms with Gasteiger partial charge in [-0.3, -0.25) is 14.9 Å². The van der Waals surface area contributed by atoms with Crippen molar-refractivity contribution in [1.82, 2.24) is 20.2 Å². The van der Waals surface area contributed by atoms with Crippen LogP contribution in [-0.4, -0.2) is 31.2 Å². The first-order valence-electron chi connectivity index (χ1n) is 10.1. The summed E-state index contributed by atoms with van der Waals surface area (Å²) in [4.78, 5) is 19.0. The largest absolute Gasteiger partial charge is 0.481 e. The van der Waals surface area contributed by atoms with E-state index in [1.807, 2.05) is 17.2 Å². The predicted octanol–water partition coefficient (Wildman–Crippen LogP) is 5.30. The van der Waals surface area contributed by atoms with Gasteiger partial charge in [-0.05, 0) is 43.2 Å². The number of aromatic nitrogens is 4. The van der Waals surface area contributed by atoms with E-state index in [9.17, 15) is 18.0 Å². The Morgan fingerprint density at radius 2 is 1.65 bits per heavy atom. The van der Waals surface area contributed by atoms with Crippen LogP contribution in [0.4, 0.5) is 13.2 Å². The Hall–Kier alpha value is -3.23. The Bertz CT molecular complexity index is 1040. The van der Waals surface area contributed by atoms with Crippen LogP contribution < -0.4 is 0 Å². The molecule has 1 aromatic carbocycles. The fourth-order valence-electron chi connectivity index (χ4n) is 4.06. The maximum Gasteiger partial charge on any atom is 0.451 e. The number of rotatable bonds is 5. The number of carboxylic acids is 1. The van der Waals surface area contributed by atoms with E-state index in [2.05, 4.69) is 15.1 Å². The zero-order valence-electron chi connectivity index (χ0n) is 16.6. The third-order valence-corrected chi connectivity index (χ3v) is 5.75. The van der Waals surface area contributed by atoms with Crippen LogP contribution >= 0.6 is 0 Å². The summed E-state index contributed by atoms with van der Waals surface area (Å²) < 4.78 is 38.0. The van der Waals surface area contributed by atoms with E-state index in [1.54, 1.807) is 30.5 Å². The minimum atomic E-state index is -4.56. The highest BCUT2D eigenvalue weighted by Gasteiger charge is 2.35. The molecule has 0 atom stereocenters. The van der Waals surface area contributed by atoms with Crippen LogP contribution in [0.2, 0.25) is 0 Å². The van der Waals surface area contributed by atoms with Crippen LogP contribution in [0.25, 0.3) is 22.5 Å². The zero-order chi connectivity index (χ0) is 22.0. The van der Waals surface area contributed by atoms with Gasteiger partial charge < -0.3 is 5.11 Å². The van der Waals surface area contributed by atoms with Crippen LogP contribution in [0.3, 0.4) is 0 Å². The quantitative estimate of drug-likeness (QED) is 0.573. The fourth-order valence-corrected chi connectivity index (χ4v) is 4.06. The van der Waals surface area contributed by atoms with Crippen molar-refractivity contribution in [2.24, 2.45) is 5.92 Å². The van der Waals surface area contributed by atoms with Crippen molar-refractivity contribution in [3.8, 4) is 22.5 Å². The van der Waals surface area contributed by atoms with Gasteiger partial charge >= 0.3 is 12.1 Å². The molecule has 0 spiro atoms. The van der Waals surface area contributed by atoms with Crippen molar-refractivity contribution in [3.05, 3.63) is 54.1 Å². The average Bonchev–Trinajstić information content (AvgIpc) is 3.25. The topological polar surface area (TPSA) is 91.8 Å². The average molecular weight is 430 g/mol. The summed E-state index contributed by atoms with van der Waals surface area (Å²) in [5, 5.41) is 14.5. The lowest BCUT2D eigenvalue weighted by molar-refractivity contribution is -0.144. The van der Waals surface area contributed by atoms with Crippen molar-refractivity contribution < 1.29 is 23.1 Å². The third-order valence-electron chi connectivity index (χ3n) is 5.75. The van der Waals surface area contributed by atoms with Crippen molar-refractivity contribution >= 4 is 5.97 Å². The molecule has 2 N–H and O–H groups in total. The number of carbonyl (C=O) groups is 1. The first-order valence-corrected chi connectivity index (χ1v) is 10.1. The lowest BCUT2D eigenvalue weighted by Crippen LogP contribution is -2.16. The smallest absolute Gasteiger partial charge is 0.451 e. The lowest BCUT2D eigenvalue weighted by Gasteiger charge is -2.27. The van der Waals surface area contributed by atoms with Gasteiger partial charge in [0.1, 0.15) is 0 Å². The number of nitrogens with zero attached hydrogens (tertiary/aromatic N) is 3. The number of pyridine rings is 1. The second-order valence-electron chi connectivity index (χ2n) is 7.87. The summed E-state index contributed by atoms with van der Waals surface area (Å²) >= 11 is 0. The summed E-state index contributed by atoms with van der Waals surface area (Å²) in [6.07, 6.45) is 1.15. The molecule has 0 aliphatic heterocycles. The highest BCUT2D eigenvalue weighted by Crippen LogP contribution is 2.37. The summed E-state index contributed by atoms with van der Waals surface area (Å²) in [7, 11) is 0. The van der Waals surface area contributed by atoms with Crippen LogP contribution in [0.5, 0.6) is 0 Å². The van der Waals surface area contributed by atoms with Crippen molar-refractivity contribution in [2.45, 2.75) is 44.2 Å². The molecule has 6 nitrogen and oxygen atoms in total. The van der Waals surface area contributed by atoms with E-state index in [0.717, 1.165) is 42.5 Å². The molecule has 2 aromatic heterocycles. The number of H-pyrrole nitrogens is 1. The minimum Gasteiger partial charge on any atom is -0.481 e. The van der Waals surface area contributed by atoms with Gasteiger partial charge in [0, 0.05) is 35.4 Å². The summed E-state index contributed by atoms with van der Waals surface area (Å²) in [5.41, 5.74) is 3.29. The molecule has 9 heteroatoms. The van der Waals surface area contributed by atoms with Gasteiger partial charge in [0.2, 0.25) is 5.82 Å². The van der Waals surface area contributed by atoms with E-state index in [0.29, 0.717) is 11.5 Å². The Kier molecular flexibility index (Phi) is 5.75. The van der Waals surface area contributed by atoms with E-state index in [1.165, 1.54) is 0 Å². The molecular formula is C22H21F3N4O2. The molecule has 1 aliphatic rings. The summed E-state index contributed by atoms with van der Waals surface area (Å²) in [6.45, 7) is 0. The number of nitrogens with one attached hydrogen (secondary N) is 1. The second kappa shape index (κ2) is 8.49. The lowest BCUT2D eigenvalue weighted by atomic mass is 9.79. The normalized spacial score (nSPS) is 19.3. The predicted molar refractivity (Wildman–Crippen MR) is 107 cm³/mol. The molecule has 0 unspecified atom stereocenters. The van der Waals surface area contributed by atoms with Gasteiger partial charge in [0.15, 0.2) is 5.82 Å². The first-order chi connectivity index (χ1) is 14.8. The fraction of sp³-hybridized carbons (Fsp3) is 0.364. The number of carboxylic acid groups (broad SMARTS) is 1. The maximum atomic E-state index is 12.7. The van der Waals surface area contributed by atoms with Crippen molar-refractivity contribution in [3.63, 3.8) is 0 Å². The van der Waals surface area contributed by atoms with E-state index in [4.69, 9.17) is 5.11 Å². The van der Waals surface area contributed by atoms with Crippen LogP contribution in [-0.2, 0) is 11.0 Å². The number of hydrogen-bond acceptors (Lipinski definition) is 4. The Labute approximate surface area is 176 Å². The summed E-state index contributed by atoms with van der Waals surface area (Å²) in [5.74, 6) is -1.27. The first kappa shape index (κ1) is 21.0. The Morgan fingerprint density at radius 3 is 2.19 bits per heavy atom. The van der Waals surface area contributed by atoms with E-state index < -0.39 is 18.0 Å². The molecular weight excluding hydrogens is 409 g/mol. The highest BCUT2D eigenvalue weighted by atomic mass is 19.4. The SMILES string of the molecule is O=C(O)CC1CCC(c2ccc(-c3ccc(-c4n[nH]c(C(F)(F)F)n4)cc3)cn2)CC1. The summed E-state index contributed by atoms with van der Waals surface area (Å²) in [6, 6.07) is 10.9. The van der Waals surface area contributed by atoms with E-state index >= 15 is 0 Å². The minimum absolute atomic E-state index is 0.00847. The maximum absolute atomic E-state index is 12.7. The molecule has 1 aliphatic carbocycles. The van der Waals surface area contributed by atoms with Crippen molar-refractivity contribution in [2.75, 3.05) is 0 Å². The standard InChI is InChI=1S/C22H21F3N4O2/c23-22(24,25)21-27-20(28-29-21)16-7-5-14(6-8-16)17-9-10-18(26-12-17)15-3-1-13(2-4-15)11-19(30)31/h5-10,12-13,15H,1-4,11H2,(H,30,31)(H,27,28,29). The monoisotopic (exact) mass is 430 g/mol. The Morgan fingerprint density at radius 1 is 1.00 bits per heavy atom. The van der Waals surface area contributed by atoms with Gasteiger partial charge in [-0.1, -0.05) is 30.3 Å². The Balaban J connectivity index is 1.41. The van der Waals surface area contributed by atoms with Gasteiger partial charge in [0.25, 0.3) is 0 Å². The second-order valence-corrected chi connectivity index (χ2v) is 7.87. The zero-order valence-corrected chi connectivity index (χ0v) is 16.6. The molecule has 1 fully saturated rings. The molecule has 0 amide bonds. The number of halogens is 3. The number of hydrogen-bond donors (Lipinski definition) is 2. The van der Waals surface area contributed by atoms with Crippen molar-refractivity contribution in [1.29, 1.82) is 0 Å². The number of alkyl halides is 3. The third kappa shape index (κ3) is 4.92. The molecule has 1 saturated carbocycles. The molecule has 0 bridgehead atoms. The molecule has 162 valence electrons. The van der Waals surface area contributed by atoms with Gasteiger partial charge in [-0.2, -0.15) is 18.3 Å². The van der Waals surface area contributed by atoms with Crippen LogP contribution in [0, 0.1) is 5.92 Å². The van der Waals surface area contributed by atoms with Gasteiger partial charge in [-0.15, -0.1) is 0 Å². The number of benzene rings is 1. The number of aromatic amines is 1. The molecule has 0 saturated heterocycles.